The van der Waals surface area contributed by atoms with Gasteiger partial charge in [0.25, 0.3) is 0 Å². The molecule has 1 amide bonds. The molecule has 0 aliphatic heterocycles. The van der Waals surface area contributed by atoms with Crippen LogP contribution >= 0.6 is 11.6 Å². The Labute approximate surface area is 118 Å². The minimum absolute atomic E-state index is 0.0902. The summed E-state index contributed by atoms with van der Waals surface area (Å²) >= 11 is 5.87. The summed E-state index contributed by atoms with van der Waals surface area (Å²) in [6, 6.07) is 7.04. The van der Waals surface area contributed by atoms with Crippen molar-refractivity contribution in [1.82, 2.24) is 10.0 Å². The average molecular weight is 305 g/mol. The Morgan fingerprint density at radius 3 is 2.68 bits per heavy atom. The van der Waals surface area contributed by atoms with E-state index in [9.17, 15) is 13.2 Å². The summed E-state index contributed by atoms with van der Waals surface area (Å²) in [5.41, 5.74) is 0.900. The van der Waals surface area contributed by atoms with E-state index in [0.29, 0.717) is 5.02 Å². The third-order valence-electron chi connectivity index (χ3n) is 2.44. The molecule has 7 heteroatoms. The van der Waals surface area contributed by atoms with Crippen LogP contribution in [0.3, 0.4) is 0 Å². The van der Waals surface area contributed by atoms with Crippen LogP contribution in [-0.4, -0.2) is 27.1 Å². The van der Waals surface area contributed by atoms with Gasteiger partial charge in [0.2, 0.25) is 15.9 Å². The molecule has 106 valence electrons. The number of carbonyl (C=O) groups is 1. The Kier molecular flexibility index (Phi) is 5.78. The Morgan fingerprint density at radius 2 is 2.11 bits per heavy atom. The summed E-state index contributed by atoms with van der Waals surface area (Å²) in [5, 5.41) is 3.39. The molecule has 0 saturated carbocycles. The molecule has 0 radical (unpaired) electrons. The van der Waals surface area contributed by atoms with E-state index < -0.39 is 10.0 Å². The van der Waals surface area contributed by atoms with Gasteiger partial charge >= 0.3 is 0 Å². The van der Waals surface area contributed by atoms with Crippen LogP contribution in [0.2, 0.25) is 5.02 Å². The Bertz CT molecular complexity index is 546. The second kappa shape index (κ2) is 6.88. The van der Waals surface area contributed by atoms with Gasteiger partial charge in [0, 0.05) is 18.0 Å². The van der Waals surface area contributed by atoms with Gasteiger partial charge in [0.1, 0.15) is 0 Å². The van der Waals surface area contributed by atoms with E-state index in [4.69, 9.17) is 11.6 Å². The van der Waals surface area contributed by atoms with Gasteiger partial charge in [-0.05, 0) is 24.6 Å². The highest BCUT2D eigenvalue weighted by molar-refractivity contribution is 7.88. The number of carbonyl (C=O) groups excluding carboxylic acids is 1. The van der Waals surface area contributed by atoms with Crippen LogP contribution < -0.4 is 10.0 Å². The molecule has 0 saturated heterocycles. The van der Waals surface area contributed by atoms with E-state index in [0.717, 1.165) is 11.8 Å². The smallest absolute Gasteiger partial charge is 0.221 e. The first kappa shape index (κ1) is 15.9. The fraction of sp³-hybridized carbons (Fsp3) is 0.417. The van der Waals surface area contributed by atoms with Gasteiger partial charge in [-0.15, -0.1) is 0 Å². The summed E-state index contributed by atoms with van der Waals surface area (Å²) in [4.78, 5) is 11.6. The van der Waals surface area contributed by atoms with Gasteiger partial charge in [-0.1, -0.05) is 23.7 Å². The monoisotopic (exact) mass is 304 g/mol. The minimum atomic E-state index is -3.25. The number of halogens is 1. The number of benzene rings is 1. The first-order chi connectivity index (χ1) is 8.78. The quantitative estimate of drug-likeness (QED) is 0.835. The SMILES string of the molecule is C[C@@H](NC(=O)CCNS(C)(=O)=O)c1cccc(Cl)c1. The highest BCUT2D eigenvalue weighted by atomic mass is 35.5. The lowest BCUT2D eigenvalue weighted by atomic mass is 10.1. The molecule has 0 aliphatic carbocycles. The second-order valence-corrected chi connectivity index (χ2v) is 6.53. The number of nitrogens with one attached hydrogen (secondary N) is 2. The van der Waals surface area contributed by atoms with E-state index in [2.05, 4.69) is 10.0 Å². The standard InChI is InChI=1S/C12H17ClN2O3S/c1-9(10-4-3-5-11(13)8-10)15-12(16)6-7-14-19(2,17)18/h3-5,8-9,14H,6-7H2,1-2H3,(H,15,16)/t9-/m1/s1. The summed E-state index contributed by atoms with van der Waals surface area (Å²) in [7, 11) is -3.25. The van der Waals surface area contributed by atoms with Gasteiger partial charge < -0.3 is 5.32 Å². The Hall–Kier alpha value is -1.11. The van der Waals surface area contributed by atoms with Gasteiger partial charge in [-0.25, -0.2) is 13.1 Å². The highest BCUT2D eigenvalue weighted by Crippen LogP contribution is 2.17. The molecule has 0 aromatic heterocycles. The predicted molar refractivity (Wildman–Crippen MR) is 75.5 cm³/mol. The molecule has 0 bridgehead atoms. The zero-order valence-corrected chi connectivity index (χ0v) is 12.4. The molecule has 1 aromatic carbocycles. The van der Waals surface area contributed by atoms with E-state index in [1.165, 1.54) is 0 Å². The molecule has 0 fully saturated rings. The molecule has 0 spiro atoms. The first-order valence-corrected chi connectivity index (χ1v) is 8.04. The lowest BCUT2D eigenvalue weighted by molar-refractivity contribution is -0.121. The van der Waals surface area contributed by atoms with Crippen LogP contribution in [0.25, 0.3) is 0 Å². The van der Waals surface area contributed by atoms with E-state index >= 15 is 0 Å². The number of amides is 1. The van der Waals surface area contributed by atoms with Crippen LogP contribution in [0.15, 0.2) is 24.3 Å². The molecule has 1 atom stereocenters. The van der Waals surface area contributed by atoms with Crippen LogP contribution in [-0.2, 0) is 14.8 Å². The van der Waals surface area contributed by atoms with Crippen molar-refractivity contribution >= 4 is 27.5 Å². The highest BCUT2D eigenvalue weighted by Gasteiger charge is 2.10. The number of hydrogen-bond acceptors (Lipinski definition) is 3. The average Bonchev–Trinajstić information content (AvgIpc) is 2.27. The second-order valence-electron chi connectivity index (χ2n) is 4.26. The molecule has 0 heterocycles. The fourth-order valence-electron chi connectivity index (χ4n) is 1.52. The van der Waals surface area contributed by atoms with Crippen molar-refractivity contribution in [2.75, 3.05) is 12.8 Å². The zero-order chi connectivity index (χ0) is 14.5. The Morgan fingerprint density at radius 1 is 1.42 bits per heavy atom. The molecule has 0 unspecified atom stereocenters. The zero-order valence-electron chi connectivity index (χ0n) is 10.8. The lowest BCUT2D eigenvalue weighted by Crippen LogP contribution is -2.31. The fourth-order valence-corrected chi connectivity index (χ4v) is 2.19. The van der Waals surface area contributed by atoms with E-state index in [-0.39, 0.29) is 24.9 Å². The largest absolute Gasteiger partial charge is 0.350 e. The third-order valence-corrected chi connectivity index (χ3v) is 3.41. The van der Waals surface area contributed by atoms with Crippen molar-refractivity contribution in [3.8, 4) is 0 Å². The number of hydrogen-bond donors (Lipinski definition) is 2. The molecule has 0 aliphatic rings. The van der Waals surface area contributed by atoms with Gasteiger partial charge in [0.15, 0.2) is 0 Å². The van der Waals surface area contributed by atoms with Crippen molar-refractivity contribution in [3.63, 3.8) is 0 Å². The van der Waals surface area contributed by atoms with Crippen molar-refractivity contribution in [1.29, 1.82) is 0 Å². The maximum atomic E-state index is 11.6. The van der Waals surface area contributed by atoms with Gasteiger partial charge in [0.05, 0.1) is 12.3 Å². The number of rotatable bonds is 6. The number of sulfonamides is 1. The molecule has 1 rings (SSSR count). The van der Waals surface area contributed by atoms with Crippen molar-refractivity contribution < 1.29 is 13.2 Å². The predicted octanol–water partition coefficient (Wildman–Crippen LogP) is 1.46. The summed E-state index contributed by atoms with van der Waals surface area (Å²) < 4.78 is 23.9. The van der Waals surface area contributed by atoms with Crippen LogP contribution in [0.4, 0.5) is 0 Å². The van der Waals surface area contributed by atoms with Crippen LogP contribution in [0.1, 0.15) is 24.9 Å². The Balaban J connectivity index is 2.44. The normalized spacial score (nSPS) is 13.0. The summed E-state index contributed by atoms with van der Waals surface area (Å²) in [6.45, 7) is 1.93. The molecule has 5 nitrogen and oxygen atoms in total. The summed E-state index contributed by atoms with van der Waals surface area (Å²) in [5.74, 6) is -0.219. The van der Waals surface area contributed by atoms with Crippen molar-refractivity contribution in [2.24, 2.45) is 0 Å². The first-order valence-electron chi connectivity index (χ1n) is 5.77. The van der Waals surface area contributed by atoms with Crippen molar-refractivity contribution in [2.45, 2.75) is 19.4 Å². The molecule has 2 N–H and O–H groups in total. The van der Waals surface area contributed by atoms with Gasteiger partial charge in [-0.3, -0.25) is 4.79 Å². The maximum absolute atomic E-state index is 11.6. The maximum Gasteiger partial charge on any atom is 0.221 e. The van der Waals surface area contributed by atoms with Crippen LogP contribution in [0, 0.1) is 0 Å². The summed E-state index contributed by atoms with van der Waals surface area (Å²) in [6.07, 6.45) is 1.15. The molecule has 19 heavy (non-hydrogen) atoms. The van der Waals surface area contributed by atoms with Gasteiger partial charge in [-0.2, -0.15) is 0 Å². The van der Waals surface area contributed by atoms with Crippen molar-refractivity contribution in [3.05, 3.63) is 34.9 Å². The van der Waals surface area contributed by atoms with Crippen LogP contribution in [0.5, 0.6) is 0 Å². The third kappa shape index (κ3) is 6.56. The minimum Gasteiger partial charge on any atom is -0.350 e. The molecular formula is C12H17ClN2O3S. The van der Waals surface area contributed by atoms with E-state index in [1.54, 1.807) is 12.1 Å². The molecule has 1 aromatic rings. The van der Waals surface area contributed by atoms with E-state index in [1.807, 2.05) is 19.1 Å². The lowest BCUT2D eigenvalue weighted by Gasteiger charge is -2.14. The molecular weight excluding hydrogens is 288 g/mol. The topological polar surface area (TPSA) is 75.3 Å².